The van der Waals surface area contributed by atoms with E-state index in [0.29, 0.717) is 13.0 Å². The van der Waals surface area contributed by atoms with Crippen LogP contribution in [0.2, 0.25) is 5.02 Å². The minimum atomic E-state index is 0.533. The van der Waals surface area contributed by atoms with Crippen molar-refractivity contribution in [3.8, 4) is 5.75 Å². The Morgan fingerprint density at radius 3 is 2.89 bits per heavy atom. The molecule has 1 aromatic heterocycles. The van der Waals surface area contributed by atoms with Gasteiger partial charge in [-0.2, -0.15) is 4.73 Å². The summed E-state index contributed by atoms with van der Waals surface area (Å²) in [6.45, 7) is 2.47. The molecule has 94 valence electrons. The Labute approximate surface area is 111 Å². The van der Waals surface area contributed by atoms with Crippen LogP contribution >= 0.6 is 11.6 Å². The van der Waals surface area contributed by atoms with Gasteiger partial charge in [0.15, 0.2) is 12.4 Å². The summed E-state index contributed by atoms with van der Waals surface area (Å²) < 4.78 is 6.41. The first-order chi connectivity index (χ1) is 8.65. The van der Waals surface area contributed by atoms with E-state index in [4.69, 9.17) is 16.3 Å². The number of aromatic nitrogens is 1. The topological polar surface area (TPSA) is 36.2 Å². The van der Waals surface area contributed by atoms with Crippen LogP contribution in [0.5, 0.6) is 5.75 Å². The lowest BCUT2D eigenvalue weighted by atomic mass is 10.2. The largest absolute Gasteiger partial charge is 0.619 e. The zero-order valence-electron chi connectivity index (χ0n) is 10.1. The Bertz CT molecular complexity index is 543. The SMILES string of the molecule is Cc1cc(OCCc2ccc[n+]([O-])c2)ccc1Cl. The summed E-state index contributed by atoms with van der Waals surface area (Å²) in [7, 11) is 0. The van der Waals surface area contributed by atoms with Crippen molar-refractivity contribution in [2.75, 3.05) is 6.61 Å². The van der Waals surface area contributed by atoms with Gasteiger partial charge in [0.1, 0.15) is 5.75 Å². The molecular formula is C14H14ClNO2. The second kappa shape index (κ2) is 5.74. The van der Waals surface area contributed by atoms with Crippen molar-refractivity contribution in [1.82, 2.24) is 0 Å². The van der Waals surface area contributed by atoms with Crippen LogP contribution in [-0.2, 0) is 6.42 Å². The second-order valence-corrected chi connectivity index (χ2v) is 4.49. The number of halogens is 1. The van der Waals surface area contributed by atoms with E-state index in [1.165, 1.54) is 6.20 Å². The van der Waals surface area contributed by atoms with Crippen LogP contribution in [0.1, 0.15) is 11.1 Å². The van der Waals surface area contributed by atoms with Crippen LogP contribution in [-0.4, -0.2) is 6.61 Å². The molecule has 0 spiro atoms. The van der Waals surface area contributed by atoms with E-state index in [-0.39, 0.29) is 0 Å². The van der Waals surface area contributed by atoms with E-state index >= 15 is 0 Å². The summed E-state index contributed by atoms with van der Waals surface area (Å²) in [6.07, 6.45) is 3.72. The Morgan fingerprint density at radius 1 is 1.33 bits per heavy atom. The first-order valence-electron chi connectivity index (χ1n) is 5.72. The minimum absolute atomic E-state index is 0.533. The number of benzene rings is 1. The lowest BCUT2D eigenvalue weighted by Gasteiger charge is -2.07. The average molecular weight is 264 g/mol. The van der Waals surface area contributed by atoms with Gasteiger partial charge >= 0.3 is 0 Å². The first-order valence-corrected chi connectivity index (χ1v) is 6.09. The number of pyridine rings is 1. The Morgan fingerprint density at radius 2 is 2.17 bits per heavy atom. The highest BCUT2D eigenvalue weighted by Crippen LogP contribution is 2.21. The Hall–Kier alpha value is -1.74. The molecule has 2 rings (SSSR count). The van der Waals surface area contributed by atoms with E-state index in [1.54, 1.807) is 12.3 Å². The molecular weight excluding hydrogens is 250 g/mol. The van der Waals surface area contributed by atoms with Gasteiger partial charge in [0.25, 0.3) is 0 Å². The zero-order chi connectivity index (χ0) is 13.0. The number of ether oxygens (including phenoxy) is 1. The van der Waals surface area contributed by atoms with Gasteiger partial charge in [-0.15, -0.1) is 0 Å². The van der Waals surface area contributed by atoms with Crippen molar-refractivity contribution >= 4 is 11.6 Å². The smallest absolute Gasteiger partial charge is 0.183 e. The molecule has 1 heterocycles. The van der Waals surface area contributed by atoms with Gasteiger partial charge in [-0.25, -0.2) is 0 Å². The summed E-state index contributed by atoms with van der Waals surface area (Å²) in [6, 6.07) is 9.20. The predicted molar refractivity (Wildman–Crippen MR) is 70.8 cm³/mol. The van der Waals surface area contributed by atoms with Crippen molar-refractivity contribution in [3.63, 3.8) is 0 Å². The summed E-state index contributed by atoms with van der Waals surface area (Å²) >= 11 is 5.93. The summed E-state index contributed by atoms with van der Waals surface area (Å²) in [5.41, 5.74) is 1.95. The molecule has 0 fully saturated rings. The van der Waals surface area contributed by atoms with Gasteiger partial charge in [0.05, 0.1) is 6.61 Å². The predicted octanol–water partition coefficient (Wildman–Crippen LogP) is 2.90. The fourth-order valence-electron chi connectivity index (χ4n) is 1.64. The average Bonchev–Trinajstić information content (AvgIpc) is 2.34. The summed E-state index contributed by atoms with van der Waals surface area (Å²) in [4.78, 5) is 0. The molecule has 0 aliphatic heterocycles. The van der Waals surface area contributed by atoms with Crippen LogP contribution in [0, 0.1) is 12.1 Å². The van der Waals surface area contributed by atoms with Crippen LogP contribution in [0.15, 0.2) is 42.7 Å². The molecule has 0 aliphatic rings. The molecule has 18 heavy (non-hydrogen) atoms. The van der Waals surface area contributed by atoms with Gasteiger partial charge in [-0.3, -0.25) is 0 Å². The highest BCUT2D eigenvalue weighted by Gasteiger charge is 2.01. The quantitative estimate of drug-likeness (QED) is 0.628. The van der Waals surface area contributed by atoms with E-state index in [0.717, 1.165) is 26.6 Å². The first kappa shape index (κ1) is 12.7. The molecule has 0 unspecified atom stereocenters. The van der Waals surface area contributed by atoms with Crippen molar-refractivity contribution < 1.29 is 9.47 Å². The molecule has 4 heteroatoms. The molecule has 0 atom stereocenters. The van der Waals surface area contributed by atoms with Crippen LogP contribution in [0.3, 0.4) is 0 Å². The maximum atomic E-state index is 11.1. The number of rotatable bonds is 4. The van der Waals surface area contributed by atoms with E-state index < -0.39 is 0 Å². The van der Waals surface area contributed by atoms with Gasteiger partial charge in [-0.05, 0) is 36.8 Å². The molecule has 0 aliphatic carbocycles. The molecule has 0 bridgehead atoms. The molecule has 0 amide bonds. The standard InChI is InChI=1S/C14H14ClNO2/c1-11-9-13(4-5-14(11)15)18-8-6-12-3-2-7-16(17)10-12/h2-5,7,9-10H,6,8H2,1H3. The lowest BCUT2D eigenvalue weighted by molar-refractivity contribution is -0.605. The summed E-state index contributed by atoms with van der Waals surface area (Å²) in [5, 5.41) is 11.8. The van der Waals surface area contributed by atoms with Crippen LogP contribution in [0.4, 0.5) is 0 Å². The molecule has 0 saturated carbocycles. The monoisotopic (exact) mass is 263 g/mol. The highest BCUT2D eigenvalue weighted by atomic mass is 35.5. The molecule has 0 N–H and O–H groups in total. The van der Waals surface area contributed by atoms with Gasteiger partial charge in [0, 0.05) is 23.1 Å². The number of hydrogen-bond acceptors (Lipinski definition) is 2. The Kier molecular flexibility index (Phi) is 4.05. The van der Waals surface area contributed by atoms with Gasteiger partial charge in [0.2, 0.25) is 0 Å². The third-order valence-corrected chi connectivity index (χ3v) is 3.05. The zero-order valence-corrected chi connectivity index (χ0v) is 10.9. The van der Waals surface area contributed by atoms with E-state index in [2.05, 4.69) is 0 Å². The number of hydrogen-bond donors (Lipinski definition) is 0. The van der Waals surface area contributed by atoms with Gasteiger partial charge < -0.3 is 9.94 Å². The molecule has 2 aromatic rings. The molecule has 1 aromatic carbocycles. The maximum Gasteiger partial charge on any atom is 0.183 e. The number of aryl methyl sites for hydroxylation is 1. The third-order valence-electron chi connectivity index (χ3n) is 2.63. The summed E-state index contributed by atoms with van der Waals surface area (Å²) in [5.74, 6) is 0.794. The molecule has 3 nitrogen and oxygen atoms in total. The lowest BCUT2D eigenvalue weighted by Crippen LogP contribution is -2.25. The highest BCUT2D eigenvalue weighted by molar-refractivity contribution is 6.31. The molecule has 0 saturated heterocycles. The second-order valence-electron chi connectivity index (χ2n) is 4.08. The van der Waals surface area contributed by atoms with Crippen molar-refractivity contribution in [1.29, 1.82) is 0 Å². The van der Waals surface area contributed by atoms with Crippen LogP contribution in [0.25, 0.3) is 0 Å². The maximum absolute atomic E-state index is 11.1. The number of nitrogens with zero attached hydrogens (tertiary/aromatic N) is 1. The fraction of sp³-hybridized carbons (Fsp3) is 0.214. The van der Waals surface area contributed by atoms with Crippen LogP contribution < -0.4 is 9.47 Å². The normalized spacial score (nSPS) is 10.3. The van der Waals surface area contributed by atoms with Crippen molar-refractivity contribution in [2.24, 2.45) is 0 Å². The van der Waals surface area contributed by atoms with E-state index in [9.17, 15) is 5.21 Å². The molecule has 0 radical (unpaired) electrons. The van der Waals surface area contributed by atoms with Gasteiger partial charge in [-0.1, -0.05) is 11.6 Å². The van der Waals surface area contributed by atoms with Crippen molar-refractivity contribution in [3.05, 3.63) is 64.1 Å². The Balaban J connectivity index is 1.90. The van der Waals surface area contributed by atoms with E-state index in [1.807, 2.05) is 31.2 Å². The van der Waals surface area contributed by atoms with Crippen molar-refractivity contribution in [2.45, 2.75) is 13.3 Å². The fourth-order valence-corrected chi connectivity index (χ4v) is 1.76. The minimum Gasteiger partial charge on any atom is -0.619 e. The third kappa shape index (κ3) is 3.37.